The number of nitrogens with zero attached hydrogens (tertiary/aromatic N) is 2. The number of benzene rings is 2. The summed E-state index contributed by atoms with van der Waals surface area (Å²) in [4.78, 5) is 28.4. The molecule has 1 heterocycles. The first-order valence-electron chi connectivity index (χ1n) is 8.88. The van der Waals surface area contributed by atoms with Crippen molar-refractivity contribution in [1.29, 1.82) is 0 Å². The molecule has 2 aromatic carbocycles. The summed E-state index contributed by atoms with van der Waals surface area (Å²) in [6, 6.07) is 9.28. The third-order valence-corrected chi connectivity index (χ3v) is 5.26. The lowest BCUT2D eigenvalue weighted by Gasteiger charge is -2.23. The first-order chi connectivity index (χ1) is 13.7. The zero-order valence-corrected chi connectivity index (χ0v) is 16.7. The molecule has 1 saturated heterocycles. The lowest BCUT2D eigenvalue weighted by atomic mass is 10.1. The van der Waals surface area contributed by atoms with Crippen LogP contribution in [0.5, 0.6) is 0 Å². The van der Waals surface area contributed by atoms with Crippen molar-refractivity contribution in [3.8, 4) is 0 Å². The van der Waals surface area contributed by atoms with E-state index >= 15 is 0 Å². The minimum atomic E-state index is -4.62. The Morgan fingerprint density at radius 1 is 0.828 bits per heavy atom. The Bertz CT molecular complexity index is 934. The Hall–Kier alpha value is -2.25. The summed E-state index contributed by atoms with van der Waals surface area (Å²) in [6.45, 7) is 0.904. The SMILES string of the molecule is O=C(c1cc(Cl)ccc1Cl)N1CCCN(C(=O)c2ccccc2C(F)(F)F)CC1. The van der Waals surface area contributed by atoms with E-state index in [1.807, 2.05) is 0 Å². The lowest BCUT2D eigenvalue weighted by Crippen LogP contribution is -2.38. The van der Waals surface area contributed by atoms with E-state index in [9.17, 15) is 22.8 Å². The molecule has 4 nitrogen and oxygen atoms in total. The monoisotopic (exact) mass is 444 g/mol. The van der Waals surface area contributed by atoms with Crippen molar-refractivity contribution in [1.82, 2.24) is 9.80 Å². The molecule has 154 valence electrons. The summed E-state index contributed by atoms with van der Waals surface area (Å²) in [5, 5.41) is 0.629. The third kappa shape index (κ3) is 4.85. The van der Waals surface area contributed by atoms with Gasteiger partial charge in [-0.1, -0.05) is 35.3 Å². The van der Waals surface area contributed by atoms with Crippen molar-refractivity contribution in [3.63, 3.8) is 0 Å². The van der Waals surface area contributed by atoms with E-state index in [4.69, 9.17) is 23.2 Å². The Kier molecular flexibility index (Phi) is 6.39. The maximum absolute atomic E-state index is 13.2. The lowest BCUT2D eigenvalue weighted by molar-refractivity contribution is -0.138. The van der Waals surface area contributed by atoms with E-state index in [1.54, 1.807) is 6.07 Å². The van der Waals surface area contributed by atoms with Crippen LogP contribution < -0.4 is 0 Å². The molecule has 1 fully saturated rings. The summed E-state index contributed by atoms with van der Waals surface area (Å²) >= 11 is 12.0. The molecular formula is C20H17Cl2F3N2O2. The van der Waals surface area contributed by atoms with Crippen molar-refractivity contribution in [3.05, 3.63) is 69.2 Å². The number of carbonyl (C=O) groups is 2. The predicted octanol–water partition coefficient (Wildman–Crippen LogP) is 5.00. The molecule has 29 heavy (non-hydrogen) atoms. The van der Waals surface area contributed by atoms with Gasteiger partial charge in [-0.25, -0.2) is 0 Å². The van der Waals surface area contributed by atoms with Gasteiger partial charge in [-0.15, -0.1) is 0 Å². The molecule has 3 rings (SSSR count). The highest BCUT2D eigenvalue weighted by atomic mass is 35.5. The largest absolute Gasteiger partial charge is 0.417 e. The molecule has 0 aromatic heterocycles. The highest BCUT2D eigenvalue weighted by Gasteiger charge is 2.36. The highest BCUT2D eigenvalue weighted by Crippen LogP contribution is 2.32. The fourth-order valence-corrected chi connectivity index (χ4v) is 3.61. The van der Waals surface area contributed by atoms with Gasteiger partial charge in [-0.05, 0) is 36.8 Å². The molecule has 0 saturated carbocycles. The van der Waals surface area contributed by atoms with Gasteiger partial charge < -0.3 is 9.80 Å². The Labute approximate surface area is 175 Å². The summed E-state index contributed by atoms with van der Waals surface area (Å²) in [7, 11) is 0. The summed E-state index contributed by atoms with van der Waals surface area (Å²) in [5.74, 6) is -1.03. The van der Waals surface area contributed by atoms with Gasteiger partial charge in [0.25, 0.3) is 11.8 Å². The quantitative estimate of drug-likeness (QED) is 0.653. The number of carbonyl (C=O) groups excluding carboxylic acids is 2. The van der Waals surface area contributed by atoms with Gasteiger partial charge in [-0.2, -0.15) is 13.2 Å². The maximum Gasteiger partial charge on any atom is 0.417 e. The van der Waals surface area contributed by atoms with Crippen molar-refractivity contribution in [2.24, 2.45) is 0 Å². The molecule has 0 aliphatic carbocycles. The van der Waals surface area contributed by atoms with Crippen LogP contribution in [0.1, 0.15) is 32.7 Å². The van der Waals surface area contributed by atoms with Gasteiger partial charge in [0.1, 0.15) is 0 Å². The van der Waals surface area contributed by atoms with Crippen LogP contribution in [0.25, 0.3) is 0 Å². The van der Waals surface area contributed by atoms with Crippen LogP contribution in [0.4, 0.5) is 13.2 Å². The summed E-state index contributed by atoms with van der Waals surface area (Å²) < 4.78 is 39.7. The van der Waals surface area contributed by atoms with E-state index in [0.717, 1.165) is 6.07 Å². The van der Waals surface area contributed by atoms with Crippen molar-refractivity contribution >= 4 is 35.0 Å². The molecule has 1 aliphatic heterocycles. The maximum atomic E-state index is 13.2. The van der Waals surface area contributed by atoms with Crippen LogP contribution in [0.2, 0.25) is 10.0 Å². The minimum Gasteiger partial charge on any atom is -0.337 e. The van der Waals surface area contributed by atoms with Gasteiger partial charge >= 0.3 is 6.18 Å². The molecule has 0 unspecified atom stereocenters. The molecule has 1 aliphatic rings. The molecule has 0 N–H and O–H groups in total. The van der Waals surface area contributed by atoms with E-state index in [-0.39, 0.29) is 36.1 Å². The fraction of sp³-hybridized carbons (Fsp3) is 0.300. The first kappa shape index (κ1) is 21.5. The van der Waals surface area contributed by atoms with Gasteiger partial charge in [0, 0.05) is 31.2 Å². The number of alkyl halides is 3. The minimum absolute atomic E-state index is 0.120. The molecule has 0 radical (unpaired) electrons. The van der Waals surface area contributed by atoms with Crippen LogP contribution in [0.15, 0.2) is 42.5 Å². The second-order valence-electron chi connectivity index (χ2n) is 6.61. The topological polar surface area (TPSA) is 40.6 Å². The summed E-state index contributed by atoms with van der Waals surface area (Å²) in [5.41, 5.74) is -1.10. The predicted molar refractivity (Wildman–Crippen MR) is 104 cm³/mol. The van der Waals surface area contributed by atoms with E-state index in [1.165, 1.54) is 40.1 Å². The molecule has 0 atom stereocenters. The van der Waals surface area contributed by atoms with E-state index in [2.05, 4.69) is 0 Å². The Balaban J connectivity index is 1.76. The molecule has 2 amide bonds. The Morgan fingerprint density at radius 2 is 1.41 bits per heavy atom. The molecule has 2 aromatic rings. The number of rotatable bonds is 2. The van der Waals surface area contributed by atoms with Gasteiger partial charge in [0.15, 0.2) is 0 Å². The van der Waals surface area contributed by atoms with E-state index in [0.29, 0.717) is 18.0 Å². The smallest absolute Gasteiger partial charge is 0.337 e. The average Bonchev–Trinajstić information content (AvgIpc) is 2.94. The van der Waals surface area contributed by atoms with Crippen molar-refractivity contribution < 1.29 is 22.8 Å². The van der Waals surface area contributed by atoms with Gasteiger partial charge in [0.2, 0.25) is 0 Å². The van der Waals surface area contributed by atoms with Crippen LogP contribution in [-0.4, -0.2) is 47.8 Å². The highest BCUT2D eigenvalue weighted by molar-refractivity contribution is 6.35. The number of hydrogen-bond acceptors (Lipinski definition) is 2. The first-order valence-corrected chi connectivity index (χ1v) is 9.64. The number of hydrogen-bond donors (Lipinski definition) is 0. The normalized spacial score (nSPS) is 15.2. The number of halogens is 5. The third-order valence-electron chi connectivity index (χ3n) is 4.69. The molecule has 0 spiro atoms. The summed E-state index contributed by atoms with van der Waals surface area (Å²) in [6.07, 6.45) is -4.19. The Morgan fingerprint density at radius 3 is 2.03 bits per heavy atom. The zero-order valence-electron chi connectivity index (χ0n) is 15.2. The standard InChI is InChI=1S/C20H17Cl2F3N2O2/c21-13-6-7-17(22)15(12-13)19(29)27-9-3-8-26(10-11-27)18(28)14-4-1-2-5-16(14)20(23,24)25/h1-2,4-7,12H,3,8-11H2. The van der Waals surface area contributed by atoms with Crippen LogP contribution in [-0.2, 0) is 6.18 Å². The van der Waals surface area contributed by atoms with Crippen LogP contribution >= 0.6 is 23.2 Å². The second kappa shape index (κ2) is 8.63. The van der Waals surface area contributed by atoms with Gasteiger partial charge in [0.05, 0.1) is 21.7 Å². The van der Waals surface area contributed by atoms with Gasteiger partial charge in [-0.3, -0.25) is 9.59 Å². The average molecular weight is 445 g/mol. The van der Waals surface area contributed by atoms with Crippen molar-refractivity contribution in [2.45, 2.75) is 12.6 Å². The van der Waals surface area contributed by atoms with Crippen molar-refractivity contribution in [2.75, 3.05) is 26.2 Å². The van der Waals surface area contributed by atoms with Crippen LogP contribution in [0, 0.1) is 0 Å². The fourth-order valence-electron chi connectivity index (χ4n) is 3.24. The van der Waals surface area contributed by atoms with E-state index < -0.39 is 23.2 Å². The second-order valence-corrected chi connectivity index (χ2v) is 7.45. The molecule has 0 bridgehead atoms. The van der Waals surface area contributed by atoms with Crippen LogP contribution in [0.3, 0.4) is 0 Å². The molecule has 9 heteroatoms. The zero-order chi connectivity index (χ0) is 21.2. The molecular weight excluding hydrogens is 428 g/mol. The number of amides is 2.